The Kier molecular flexibility index (Phi) is 13.3. The second-order valence-corrected chi connectivity index (χ2v) is 8.49. The number of amides is 1. The molecule has 29 heavy (non-hydrogen) atoms. The molecule has 1 aromatic rings. The molecule has 8 nitrogen and oxygen atoms in total. The van der Waals surface area contributed by atoms with Crippen LogP contribution >= 0.6 is 0 Å². The molecule has 0 aliphatic rings. The zero-order valence-electron chi connectivity index (χ0n) is 19.2. The van der Waals surface area contributed by atoms with Crippen molar-refractivity contribution in [2.24, 2.45) is 11.8 Å². The monoisotopic (exact) mass is 412 g/mol. The minimum Gasteiger partial charge on any atom is -0.396 e. The Bertz CT molecular complexity index is 585. The highest BCUT2D eigenvalue weighted by molar-refractivity contribution is 5.78. The molecule has 0 aliphatic carbocycles. The first-order valence-corrected chi connectivity index (χ1v) is 10.4. The number of hydrogen-bond acceptors (Lipinski definition) is 6. The van der Waals surface area contributed by atoms with Crippen LogP contribution in [0.1, 0.15) is 66.5 Å². The number of aliphatic hydroxyl groups is 1. The van der Waals surface area contributed by atoms with Gasteiger partial charge in [0.15, 0.2) is 0 Å². The zero-order chi connectivity index (χ0) is 22.4. The molecule has 1 heterocycles. The predicted octanol–water partition coefficient (Wildman–Crippen LogP) is 2.69. The van der Waals surface area contributed by atoms with Crippen LogP contribution in [0.3, 0.4) is 0 Å². The first kappa shape index (κ1) is 27.2. The molecule has 1 atom stereocenters. The van der Waals surface area contributed by atoms with E-state index in [2.05, 4.69) is 24.2 Å². The quantitative estimate of drug-likeness (QED) is 0.530. The fourth-order valence-corrected chi connectivity index (χ4v) is 2.31. The number of hydrogen-bond donors (Lipinski definition) is 1. The third-order valence-electron chi connectivity index (χ3n) is 4.09. The smallest absolute Gasteiger partial charge is 0.223 e. The maximum Gasteiger partial charge on any atom is 0.223 e. The van der Waals surface area contributed by atoms with E-state index in [9.17, 15) is 9.59 Å². The van der Waals surface area contributed by atoms with Crippen molar-refractivity contribution >= 4 is 12.2 Å². The highest BCUT2D eigenvalue weighted by Gasteiger charge is 2.21. The normalized spacial score (nSPS) is 12.3. The molecule has 1 unspecified atom stereocenters. The third kappa shape index (κ3) is 13.1. The number of carbonyl (C=O) groups excluding carboxylic acids is 2. The molecule has 0 fully saturated rings. The standard InChI is InChI=1S/C18H32N4O3.C3H8O/c1-14(2)7-8-25-18(4,5)13-22-11-16(19-20-22)10-21(6)17(24)9-15(3)12-23;1-2-3-4/h11-12,14-15H,7-10,13H2,1-6H3;4H,2-3H2,1H3. The van der Waals surface area contributed by atoms with E-state index in [0.717, 1.165) is 25.7 Å². The molecule has 0 spiro atoms. The van der Waals surface area contributed by atoms with Gasteiger partial charge in [-0.3, -0.25) is 4.79 Å². The summed E-state index contributed by atoms with van der Waals surface area (Å²) in [6.45, 7) is 14.1. The fourth-order valence-electron chi connectivity index (χ4n) is 2.31. The molecule has 8 heteroatoms. The van der Waals surface area contributed by atoms with Gasteiger partial charge in [0, 0.05) is 32.6 Å². The molecule has 0 aromatic carbocycles. The summed E-state index contributed by atoms with van der Waals surface area (Å²) < 4.78 is 7.69. The number of carbonyl (C=O) groups is 2. The van der Waals surface area contributed by atoms with Gasteiger partial charge in [0.1, 0.15) is 12.0 Å². The lowest BCUT2D eigenvalue weighted by molar-refractivity contribution is -0.132. The molecular formula is C21H40N4O4. The lowest BCUT2D eigenvalue weighted by atomic mass is 10.1. The van der Waals surface area contributed by atoms with Gasteiger partial charge in [-0.2, -0.15) is 0 Å². The van der Waals surface area contributed by atoms with E-state index in [-0.39, 0.29) is 23.8 Å². The van der Waals surface area contributed by atoms with E-state index in [1.165, 1.54) is 0 Å². The second-order valence-electron chi connectivity index (χ2n) is 8.49. The average Bonchev–Trinajstić information content (AvgIpc) is 3.06. The molecule has 1 N–H and O–H groups in total. The Balaban J connectivity index is 0.00000178. The van der Waals surface area contributed by atoms with Crippen LogP contribution in [0.4, 0.5) is 0 Å². The lowest BCUT2D eigenvalue weighted by Gasteiger charge is -2.25. The summed E-state index contributed by atoms with van der Waals surface area (Å²) in [5, 5.41) is 16.1. The van der Waals surface area contributed by atoms with Crippen LogP contribution < -0.4 is 0 Å². The van der Waals surface area contributed by atoms with Crippen molar-refractivity contribution in [2.75, 3.05) is 20.3 Å². The Morgan fingerprint density at radius 2 is 2.00 bits per heavy atom. The van der Waals surface area contributed by atoms with Gasteiger partial charge in [0.25, 0.3) is 0 Å². The van der Waals surface area contributed by atoms with Crippen molar-refractivity contribution in [1.29, 1.82) is 0 Å². The summed E-state index contributed by atoms with van der Waals surface area (Å²) in [5.74, 6) is 0.268. The van der Waals surface area contributed by atoms with Crippen molar-refractivity contribution in [3.63, 3.8) is 0 Å². The summed E-state index contributed by atoms with van der Waals surface area (Å²) in [6, 6.07) is 0. The summed E-state index contributed by atoms with van der Waals surface area (Å²) in [4.78, 5) is 24.2. The third-order valence-corrected chi connectivity index (χ3v) is 4.09. The van der Waals surface area contributed by atoms with Gasteiger partial charge in [-0.05, 0) is 32.6 Å². The van der Waals surface area contributed by atoms with E-state index in [1.807, 2.05) is 27.0 Å². The summed E-state index contributed by atoms with van der Waals surface area (Å²) in [5.41, 5.74) is 0.383. The van der Waals surface area contributed by atoms with Crippen molar-refractivity contribution in [1.82, 2.24) is 19.9 Å². The highest BCUT2D eigenvalue weighted by Crippen LogP contribution is 2.14. The van der Waals surface area contributed by atoms with E-state index >= 15 is 0 Å². The first-order valence-electron chi connectivity index (χ1n) is 10.4. The van der Waals surface area contributed by atoms with Gasteiger partial charge in [-0.15, -0.1) is 5.10 Å². The van der Waals surface area contributed by atoms with Crippen molar-refractivity contribution in [3.05, 3.63) is 11.9 Å². The second kappa shape index (κ2) is 14.2. The molecule has 0 radical (unpaired) electrons. The summed E-state index contributed by atoms with van der Waals surface area (Å²) >= 11 is 0. The maximum absolute atomic E-state index is 12.0. The van der Waals surface area contributed by atoms with Crippen LogP contribution in [0.5, 0.6) is 0 Å². The molecule has 0 bridgehead atoms. The Morgan fingerprint density at radius 3 is 2.52 bits per heavy atom. The Labute approximate surface area is 175 Å². The van der Waals surface area contributed by atoms with Crippen LogP contribution in [0.15, 0.2) is 6.20 Å². The van der Waals surface area contributed by atoms with Gasteiger partial charge in [0.05, 0.1) is 24.9 Å². The van der Waals surface area contributed by atoms with Crippen molar-refractivity contribution in [3.8, 4) is 0 Å². The number of aromatic nitrogens is 3. The van der Waals surface area contributed by atoms with Crippen LogP contribution in [0.2, 0.25) is 0 Å². The Morgan fingerprint density at radius 1 is 1.38 bits per heavy atom. The minimum absolute atomic E-state index is 0.0773. The van der Waals surface area contributed by atoms with Gasteiger partial charge < -0.3 is 19.5 Å². The maximum atomic E-state index is 12.0. The lowest BCUT2D eigenvalue weighted by Crippen LogP contribution is -2.31. The number of aldehydes is 1. The van der Waals surface area contributed by atoms with E-state index in [1.54, 1.807) is 23.6 Å². The minimum atomic E-state index is -0.332. The fraction of sp³-hybridized carbons (Fsp3) is 0.810. The van der Waals surface area contributed by atoms with E-state index in [4.69, 9.17) is 9.84 Å². The molecule has 0 saturated heterocycles. The highest BCUT2D eigenvalue weighted by atomic mass is 16.5. The van der Waals surface area contributed by atoms with E-state index < -0.39 is 0 Å². The zero-order valence-corrected chi connectivity index (χ0v) is 19.2. The van der Waals surface area contributed by atoms with Crippen LogP contribution in [-0.2, 0) is 27.4 Å². The van der Waals surface area contributed by atoms with Crippen molar-refractivity contribution in [2.45, 2.75) is 79.5 Å². The van der Waals surface area contributed by atoms with Gasteiger partial charge in [-0.1, -0.05) is 32.9 Å². The van der Waals surface area contributed by atoms with Crippen molar-refractivity contribution < 1.29 is 19.4 Å². The molecule has 168 valence electrons. The van der Waals surface area contributed by atoms with Crippen LogP contribution in [-0.4, -0.2) is 63.1 Å². The molecule has 1 amide bonds. The topological polar surface area (TPSA) is 97.6 Å². The molecule has 1 aromatic heterocycles. The molecule has 0 aliphatic heterocycles. The summed E-state index contributed by atoms with van der Waals surface area (Å²) in [7, 11) is 1.71. The van der Waals surface area contributed by atoms with Gasteiger partial charge in [-0.25, -0.2) is 4.68 Å². The number of rotatable bonds is 12. The largest absolute Gasteiger partial charge is 0.396 e. The van der Waals surface area contributed by atoms with Crippen LogP contribution in [0, 0.1) is 11.8 Å². The number of nitrogens with zero attached hydrogens (tertiary/aromatic N) is 4. The number of aliphatic hydroxyl groups excluding tert-OH is 1. The molecule has 1 rings (SSSR count). The average molecular weight is 413 g/mol. The summed E-state index contributed by atoms with van der Waals surface area (Å²) in [6.07, 6.45) is 4.74. The first-order chi connectivity index (χ1) is 13.5. The predicted molar refractivity (Wildman–Crippen MR) is 113 cm³/mol. The van der Waals surface area contributed by atoms with E-state index in [0.29, 0.717) is 31.3 Å². The van der Waals surface area contributed by atoms with Crippen LogP contribution in [0.25, 0.3) is 0 Å². The Hall–Kier alpha value is -1.80. The van der Waals surface area contributed by atoms with Gasteiger partial charge >= 0.3 is 0 Å². The molecule has 0 saturated carbocycles. The SMILES string of the molecule is CC(C)CCOC(C)(C)Cn1cc(CN(C)C(=O)CC(C)C=O)nn1.CCCO. The molecular weight excluding hydrogens is 372 g/mol. The van der Waals surface area contributed by atoms with Gasteiger partial charge in [0.2, 0.25) is 5.91 Å². The number of ether oxygens (including phenoxy) is 1.